The van der Waals surface area contributed by atoms with E-state index in [4.69, 9.17) is 9.84 Å². The van der Waals surface area contributed by atoms with E-state index < -0.39 is 5.97 Å². The Labute approximate surface area is 110 Å². The maximum Gasteiger partial charge on any atom is 0.305 e. The van der Waals surface area contributed by atoms with Gasteiger partial charge in [0.15, 0.2) is 0 Å². The molecule has 0 saturated carbocycles. The van der Waals surface area contributed by atoms with Crippen molar-refractivity contribution in [2.45, 2.75) is 65.2 Å². The minimum absolute atomic E-state index is 0.102. The van der Waals surface area contributed by atoms with Crippen LogP contribution in [-0.4, -0.2) is 23.7 Å². The molecule has 0 saturated heterocycles. The van der Waals surface area contributed by atoms with Crippen molar-refractivity contribution in [3.63, 3.8) is 0 Å². The Hall–Kier alpha value is -1.06. The quantitative estimate of drug-likeness (QED) is 0.456. The Morgan fingerprint density at radius 1 is 0.944 bits per heavy atom. The van der Waals surface area contributed by atoms with Crippen molar-refractivity contribution in [1.29, 1.82) is 0 Å². The maximum absolute atomic E-state index is 11.3. The number of carbonyl (C=O) groups excluding carboxylic acids is 1. The van der Waals surface area contributed by atoms with Crippen molar-refractivity contribution < 1.29 is 19.4 Å². The number of carboxylic acid groups (broad SMARTS) is 1. The van der Waals surface area contributed by atoms with Crippen molar-refractivity contribution in [3.05, 3.63) is 0 Å². The zero-order valence-electron chi connectivity index (χ0n) is 11.6. The maximum atomic E-state index is 11.3. The summed E-state index contributed by atoms with van der Waals surface area (Å²) < 4.78 is 5.07. The predicted molar refractivity (Wildman–Crippen MR) is 70.4 cm³/mol. The number of hydrogen-bond acceptors (Lipinski definition) is 3. The third-order valence-corrected chi connectivity index (χ3v) is 2.60. The predicted octanol–water partition coefficient (Wildman–Crippen LogP) is 3.39. The van der Waals surface area contributed by atoms with Crippen LogP contribution in [0.1, 0.15) is 65.2 Å². The molecule has 0 unspecified atom stereocenters. The first-order valence-electron chi connectivity index (χ1n) is 6.89. The van der Waals surface area contributed by atoms with Crippen molar-refractivity contribution in [3.8, 4) is 0 Å². The Bertz CT molecular complexity index is 236. The van der Waals surface area contributed by atoms with E-state index in [1.165, 1.54) is 0 Å². The molecule has 106 valence electrons. The normalized spacial score (nSPS) is 10.6. The molecule has 0 aliphatic heterocycles. The highest BCUT2D eigenvalue weighted by molar-refractivity contribution is 5.69. The van der Waals surface area contributed by atoms with E-state index in [-0.39, 0.29) is 12.4 Å². The summed E-state index contributed by atoms with van der Waals surface area (Å²) in [5, 5.41) is 8.45. The summed E-state index contributed by atoms with van der Waals surface area (Å²) in [6, 6.07) is 0. The molecule has 0 heterocycles. The second kappa shape index (κ2) is 11.1. The highest BCUT2D eigenvalue weighted by atomic mass is 16.5. The van der Waals surface area contributed by atoms with Crippen LogP contribution in [0.5, 0.6) is 0 Å². The van der Waals surface area contributed by atoms with Gasteiger partial charge >= 0.3 is 11.9 Å². The van der Waals surface area contributed by atoms with Crippen molar-refractivity contribution in [1.82, 2.24) is 0 Å². The van der Waals surface area contributed by atoms with Crippen LogP contribution < -0.4 is 0 Å². The number of rotatable bonds is 11. The van der Waals surface area contributed by atoms with Gasteiger partial charge in [0, 0.05) is 12.8 Å². The fourth-order valence-electron chi connectivity index (χ4n) is 1.58. The zero-order chi connectivity index (χ0) is 13.8. The number of unbranched alkanes of at least 4 members (excludes halogenated alkanes) is 5. The van der Waals surface area contributed by atoms with Crippen molar-refractivity contribution in [2.24, 2.45) is 5.92 Å². The highest BCUT2D eigenvalue weighted by Crippen LogP contribution is 2.09. The average molecular weight is 258 g/mol. The molecule has 0 aliphatic rings. The van der Waals surface area contributed by atoms with E-state index in [9.17, 15) is 9.59 Å². The Morgan fingerprint density at radius 3 is 1.94 bits per heavy atom. The number of aliphatic carboxylic acids is 1. The lowest BCUT2D eigenvalue weighted by molar-refractivity contribution is -0.145. The molecular weight excluding hydrogens is 232 g/mol. The van der Waals surface area contributed by atoms with Crippen LogP contribution in [0, 0.1) is 5.92 Å². The van der Waals surface area contributed by atoms with Crippen LogP contribution in [0.4, 0.5) is 0 Å². The number of carbonyl (C=O) groups is 2. The topological polar surface area (TPSA) is 63.6 Å². The Balaban J connectivity index is 3.20. The molecule has 0 radical (unpaired) electrons. The van der Waals surface area contributed by atoms with Crippen molar-refractivity contribution in [2.75, 3.05) is 6.61 Å². The number of ether oxygens (including phenoxy) is 1. The van der Waals surface area contributed by atoms with Gasteiger partial charge in [0.25, 0.3) is 0 Å². The van der Waals surface area contributed by atoms with Crippen LogP contribution in [-0.2, 0) is 14.3 Å². The molecule has 0 bridgehead atoms. The van der Waals surface area contributed by atoms with Gasteiger partial charge < -0.3 is 9.84 Å². The zero-order valence-corrected chi connectivity index (χ0v) is 11.6. The van der Waals surface area contributed by atoms with Crippen molar-refractivity contribution >= 4 is 11.9 Å². The first kappa shape index (κ1) is 16.9. The standard InChI is InChI=1S/C14H26O4/c1-12(2)11-18-14(17)10-8-6-4-3-5-7-9-13(15)16/h12H,3-11H2,1-2H3,(H,15,16). The fourth-order valence-corrected chi connectivity index (χ4v) is 1.58. The highest BCUT2D eigenvalue weighted by Gasteiger charge is 2.03. The molecule has 4 nitrogen and oxygen atoms in total. The lowest BCUT2D eigenvalue weighted by Gasteiger charge is -2.06. The summed E-state index contributed by atoms with van der Waals surface area (Å²) in [4.78, 5) is 21.5. The van der Waals surface area contributed by atoms with Crippen LogP contribution in [0.25, 0.3) is 0 Å². The van der Waals surface area contributed by atoms with Gasteiger partial charge in [-0.2, -0.15) is 0 Å². The Kier molecular flexibility index (Phi) is 10.4. The summed E-state index contributed by atoms with van der Waals surface area (Å²) in [6.07, 6.45) is 6.49. The molecule has 0 aromatic heterocycles. The van der Waals surface area contributed by atoms with Gasteiger partial charge in [-0.25, -0.2) is 0 Å². The monoisotopic (exact) mass is 258 g/mol. The van der Waals surface area contributed by atoms with E-state index >= 15 is 0 Å². The number of esters is 1. The second-order valence-electron chi connectivity index (χ2n) is 5.09. The third kappa shape index (κ3) is 13.0. The lowest BCUT2D eigenvalue weighted by atomic mass is 10.1. The summed E-state index contributed by atoms with van der Waals surface area (Å²) in [7, 11) is 0. The minimum Gasteiger partial charge on any atom is -0.481 e. The van der Waals surface area contributed by atoms with E-state index in [0.29, 0.717) is 18.9 Å². The molecule has 4 heteroatoms. The van der Waals surface area contributed by atoms with Gasteiger partial charge in [0.2, 0.25) is 0 Å². The van der Waals surface area contributed by atoms with Crippen LogP contribution in [0.2, 0.25) is 0 Å². The van der Waals surface area contributed by atoms with Gasteiger partial charge in [-0.05, 0) is 18.8 Å². The molecule has 0 aromatic rings. The largest absolute Gasteiger partial charge is 0.481 e. The molecule has 0 spiro atoms. The Morgan fingerprint density at radius 2 is 1.44 bits per heavy atom. The average Bonchev–Trinajstić information content (AvgIpc) is 2.29. The molecule has 0 atom stereocenters. The number of hydrogen-bond donors (Lipinski definition) is 1. The molecule has 0 aromatic carbocycles. The van der Waals surface area contributed by atoms with E-state index in [1.807, 2.05) is 13.8 Å². The number of carboxylic acids is 1. The van der Waals surface area contributed by atoms with Crippen LogP contribution >= 0.6 is 0 Å². The summed E-state index contributed by atoms with van der Waals surface area (Å²) in [6.45, 7) is 4.54. The lowest BCUT2D eigenvalue weighted by Crippen LogP contribution is -2.09. The van der Waals surface area contributed by atoms with Gasteiger partial charge in [0.1, 0.15) is 0 Å². The summed E-state index contributed by atoms with van der Waals surface area (Å²) >= 11 is 0. The third-order valence-electron chi connectivity index (χ3n) is 2.60. The molecule has 0 aliphatic carbocycles. The minimum atomic E-state index is -0.720. The molecule has 18 heavy (non-hydrogen) atoms. The SMILES string of the molecule is CC(C)COC(=O)CCCCCCCCC(=O)O. The van der Waals surface area contributed by atoms with Crippen LogP contribution in [0.3, 0.4) is 0 Å². The summed E-state index contributed by atoms with van der Waals surface area (Å²) in [5.41, 5.74) is 0. The first-order valence-corrected chi connectivity index (χ1v) is 6.89. The smallest absolute Gasteiger partial charge is 0.305 e. The molecular formula is C14H26O4. The van der Waals surface area contributed by atoms with E-state index in [2.05, 4.69) is 0 Å². The van der Waals surface area contributed by atoms with Gasteiger partial charge in [-0.1, -0.05) is 39.5 Å². The van der Waals surface area contributed by atoms with E-state index in [1.54, 1.807) is 0 Å². The van der Waals surface area contributed by atoms with E-state index in [0.717, 1.165) is 38.5 Å². The first-order chi connectivity index (χ1) is 8.52. The summed E-state index contributed by atoms with van der Waals surface area (Å²) in [5.74, 6) is -0.430. The van der Waals surface area contributed by atoms with Gasteiger partial charge in [-0.15, -0.1) is 0 Å². The van der Waals surface area contributed by atoms with Gasteiger partial charge in [0.05, 0.1) is 6.61 Å². The molecule has 1 N–H and O–H groups in total. The van der Waals surface area contributed by atoms with Crippen LogP contribution in [0.15, 0.2) is 0 Å². The molecule has 0 rings (SSSR count). The molecule has 0 amide bonds. The molecule has 0 fully saturated rings. The fraction of sp³-hybridized carbons (Fsp3) is 0.857. The second-order valence-corrected chi connectivity index (χ2v) is 5.09. The van der Waals surface area contributed by atoms with Gasteiger partial charge in [-0.3, -0.25) is 9.59 Å².